The molecule has 1 unspecified atom stereocenters. The third-order valence-electron chi connectivity index (χ3n) is 1.95. The first kappa shape index (κ1) is 14.1. The molecule has 0 aliphatic rings. The van der Waals surface area contributed by atoms with Gasteiger partial charge in [0.1, 0.15) is 12.4 Å². The highest BCUT2D eigenvalue weighted by molar-refractivity contribution is 6.35. The second-order valence-corrected chi connectivity index (χ2v) is 4.12. The summed E-state index contributed by atoms with van der Waals surface area (Å²) in [6.07, 6.45) is -0.848. The van der Waals surface area contributed by atoms with Crippen molar-refractivity contribution in [1.82, 2.24) is 0 Å². The van der Waals surface area contributed by atoms with Crippen molar-refractivity contribution in [3.63, 3.8) is 0 Å². The van der Waals surface area contributed by atoms with Crippen LogP contribution in [0, 0.1) is 0 Å². The predicted octanol–water partition coefficient (Wildman–Crippen LogP) is 2.86. The maximum Gasteiger partial charge on any atom is 0.332 e. The molecule has 0 spiro atoms. The molecule has 0 aromatic heterocycles. The zero-order valence-electron chi connectivity index (χ0n) is 9.15. The summed E-state index contributed by atoms with van der Waals surface area (Å²) in [5.41, 5.74) is 0. The Hall–Kier alpha value is -0.970. The fourth-order valence-electron chi connectivity index (χ4n) is 1.04. The van der Waals surface area contributed by atoms with Gasteiger partial charge in [0.05, 0.1) is 11.6 Å². The number of aliphatic carboxylic acids is 1. The Morgan fingerprint density at radius 2 is 2.12 bits per heavy atom. The number of rotatable bonds is 6. The van der Waals surface area contributed by atoms with E-state index in [2.05, 4.69) is 0 Å². The van der Waals surface area contributed by atoms with E-state index in [1.165, 1.54) is 6.92 Å². The number of hydrogen-bond acceptors (Lipinski definition) is 3. The van der Waals surface area contributed by atoms with Crippen LogP contribution in [0.4, 0.5) is 0 Å². The molecule has 0 amide bonds. The van der Waals surface area contributed by atoms with Gasteiger partial charge in [-0.1, -0.05) is 23.2 Å². The molecular weight excluding hydrogens is 267 g/mol. The summed E-state index contributed by atoms with van der Waals surface area (Å²) in [6.45, 7) is 1.85. The maximum atomic E-state index is 10.5. The average molecular weight is 279 g/mol. The molecule has 0 heterocycles. The van der Waals surface area contributed by atoms with Crippen molar-refractivity contribution in [2.75, 3.05) is 13.2 Å². The number of benzene rings is 1. The smallest absolute Gasteiger partial charge is 0.332 e. The van der Waals surface area contributed by atoms with Crippen LogP contribution >= 0.6 is 23.2 Å². The van der Waals surface area contributed by atoms with Gasteiger partial charge in [0, 0.05) is 5.02 Å². The second-order valence-electron chi connectivity index (χ2n) is 3.27. The standard InChI is InChI=1S/C11H12Cl2O4/c1-7(11(14)15)16-4-5-17-10-3-2-8(12)6-9(10)13/h2-3,6-7H,4-5H2,1H3,(H,14,15). The normalized spacial score (nSPS) is 12.2. The van der Waals surface area contributed by atoms with Gasteiger partial charge in [-0.3, -0.25) is 0 Å². The van der Waals surface area contributed by atoms with Crippen LogP contribution in [-0.2, 0) is 9.53 Å². The van der Waals surface area contributed by atoms with Gasteiger partial charge in [0.2, 0.25) is 0 Å². The summed E-state index contributed by atoms with van der Waals surface area (Å²) in [5, 5.41) is 9.50. The van der Waals surface area contributed by atoms with Gasteiger partial charge in [-0.2, -0.15) is 0 Å². The molecule has 1 rings (SSSR count). The lowest BCUT2D eigenvalue weighted by Gasteiger charge is -2.10. The van der Waals surface area contributed by atoms with E-state index in [0.717, 1.165) is 0 Å². The first-order valence-corrected chi connectivity index (χ1v) is 5.68. The Morgan fingerprint density at radius 3 is 2.71 bits per heavy atom. The minimum atomic E-state index is -1.01. The predicted molar refractivity (Wildman–Crippen MR) is 65.0 cm³/mol. The monoisotopic (exact) mass is 278 g/mol. The van der Waals surface area contributed by atoms with Gasteiger partial charge in [-0.05, 0) is 25.1 Å². The summed E-state index contributed by atoms with van der Waals surface area (Å²) in [6, 6.07) is 4.87. The molecule has 0 aliphatic heterocycles. The van der Waals surface area contributed by atoms with E-state index in [9.17, 15) is 4.79 Å². The van der Waals surface area contributed by atoms with Crippen molar-refractivity contribution in [2.24, 2.45) is 0 Å². The average Bonchev–Trinajstić information content (AvgIpc) is 2.26. The lowest BCUT2D eigenvalue weighted by molar-refractivity contribution is -0.149. The van der Waals surface area contributed by atoms with Crippen LogP contribution in [0.3, 0.4) is 0 Å². The first-order valence-electron chi connectivity index (χ1n) is 4.93. The quantitative estimate of drug-likeness (QED) is 0.813. The highest BCUT2D eigenvalue weighted by Crippen LogP contribution is 2.27. The Balaban J connectivity index is 2.34. The Labute approximate surface area is 109 Å². The van der Waals surface area contributed by atoms with E-state index < -0.39 is 12.1 Å². The molecule has 1 aromatic rings. The molecule has 0 saturated carbocycles. The number of hydrogen-bond donors (Lipinski definition) is 1. The molecular formula is C11H12Cl2O4. The highest BCUT2D eigenvalue weighted by Gasteiger charge is 2.10. The van der Waals surface area contributed by atoms with Crippen LogP contribution in [0.1, 0.15) is 6.92 Å². The molecule has 1 atom stereocenters. The fourth-order valence-corrected chi connectivity index (χ4v) is 1.50. The topological polar surface area (TPSA) is 55.8 Å². The van der Waals surface area contributed by atoms with Crippen molar-refractivity contribution in [3.05, 3.63) is 28.2 Å². The van der Waals surface area contributed by atoms with Gasteiger partial charge in [-0.15, -0.1) is 0 Å². The van der Waals surface area contributed by atoms with Crippen molar-refractivity contribution < 1.29 is 19.4 Å². The van der Waals surface area contributed by atoms with Crippen LogP contribution < -0.4 is 4.74 Å². The lowest BCUT2D eigenvalue weighted by Crippen LogP contribution is -2.22. The van der Waals surface area contributed by atoms with Crippen LogP contribution in [0.25, 0.3) is 0 Å². The zero-order chi connectivity index (χ0) is 12.8. The molecule has 0 aliphatic carbocycles. The SMILES string of the molecule is CC(OCCOc1ccc(Cl)cc1Cl)C(=O)O. The Kier molecular flexibility index (Phi) is 5.55. The van der Waals surface area contributed by atoms with Crippen LogP contribution in [0.5, 0.6) is 5.75 Å². The van der Waals surface area contributed by atoms with E-state index >= 15 is 0 Å². The van der Waals surface area contributed by atoms with Crippen molar-refractivity contribution in [1.29, 1.82) is 0 Å². The molecule has 6 heteroatoms. The van der Waals surface area contributed by atoms with Crippen molar-refractivity contribution in [3.8, 4) is 5.75 Å². The third-order valence-corrected chi connectivity index (χ3v) is 2.48. The summed E-state index contributed by atoms with van der Waals surface area (Å²) in [7, 11) is 0. The molecule has 17 heavy (non-hydrogen) atoms. The highest BCUT2D eigenvalue weighted by atomic mass is 35.5. The summed E-state index contributed by atoms with van der Waals surface area (Å²) in [4.78, 5) is 10.5. The minimum Gasteiger partial charge on any atom is -0.490 e. The third kappa shape index (κ3) is 4.81. The molecule has 0 fully saturated rings. The van der Waals surface area contributed by atoms with E-state index in [0.29, 0.717) is 15.8 Å². The maximum absolute atomic E-state index is 10.5. The number of halogens is 2. The molecule has 4 nitrogen and oxygen atoms in total. The van der Waals surface area contributed by atoms with E-state index in [4.69, 9.17) is 37.8 Å². The zero-order valence-corrected chi connectivity index (χ0v) is 10.7. The molecule has 1 aromatic carbocycles. The van der Waals surface area contributed by atoms with Crippen molar-refractivity contribution >= 4 is 29.2 Å². The van der Waals surface area contributed by atoms with E-state index in [1.54, 1.807) is 18.2 Å². The van der Waals surface area contributed by atoms with E-state index in [1.807, 2.05) is 0 Å². The molecule has 0 radical (unpaired) electrons. The van der Waals surface area contributed by atoms with Crippen LogP contribution in [-0.4, -0.2) is 30.4 Å². The molecule has 94 valence electrons. The lowest BCUT2D eigenvalue weighted by atomic mass is 10.3. The van der Waals surface area contributed by atoms with Gasteiger partial charge in [0.15, 0.2) is 6.10 Å². The van der Waals surface area contributed by atoms with Gasteiger partial charge < -0.3 is 14.6 Å². The Bertz CT molecular complexity index is 395. The minimum absolute atomic E-state index is 0.173. The van der Waals surface area contributed by atoms with Crippen LogP contribution in [0.2, 0.25) is 10.0 Å². The number of carbonyl (C=O) groups is 1. The number of carboxylic acids is 1. The summed E-state index contributed by atoms with van der Waals surface area (Å²) in [5.74, 6) is -0.517. The van der Waals surface area contributed by atoms with Gasteiger partial charge in [0.25, 0.3) is 0 Å². The second kappa shape index (κ2) is 6.69. The first-order chi connectivity index (χ1) is 8.00. The van der Waals surface area contributed by atoms with Gasteiger partial charge in [-0.25, -0.2) is 4.79 Å². The van der Waals surface area contributed by atoms with E-state index in [-0.39, 0.29) is 13.2 Å². The van der Waals surface area contributed by atoms with Gasteiger partial charge >= 0.3 is 5.97 Å². The van der Waals surface area contributed by atoms with Crippen LogP contribution in [0.15, 0.2) is 18.2 Å². The largest absolute Gasteiger partial charge is 0.490 e. The fraction of sp³-hybridized carbons (Fsp3) is 0.364. The van der Waals surface area contributed by atoms with Crippen molar-refractivity contribution in [2.45, 2.75) is 13.0 Å². The Morgan fingerprint density at radius 1 is 1.41 bits per heavy atom. The molecule has 0 bridgehead atoms. The number of ether oxygens (including phenoxy) is 2. The summed E-state index contributed by atoms with van der Waals surface area (Å²) >= 11 is 11.6. The molecule has 1 N–H and O–H groups in total. The number of carboxylic acid groups (broad SMARTS) is 1. The molecule has 0 saturated heterocycles. The summed E-state index contributed by atoms with van der Waals surface area (Å²) < 4.78 is 10.3.